The first-order valence-electron chi connectivity index (χ1n) is 11.3. The first-order chi connectivity index (χ1) is 15.4. The highest BCUT2D eigenvalue weighted by molar-refractivity contribution is 7.90. The molecule has 0 aromatic heterocycles. The number of hydrogen-bond donors (Lipinski definition) is 2. The van der Waals surface area contributed by atoms with Crippen LogP contribution in [0.5, 0.6) is 5.75 Å². The molecule has 3 rings (SSSR count). The van der Waals surface area contributed by atoms with Gasteiger partial charge in [-0.1, -0.05) is 6.07 Å². The molecular weight excluding hydrogens is 448 g/mol. The lowest BCUT2D eigenvalue weighted by atomic mass is 9.88. The van der Waals surface area contributed by atoms with Gasteiger partial charge in [-0.05, 0) is 71.3 Å². The highest BCUT2D eigenvalue weighted by atomic mass is 32.2. The minimum absolute atomic E-state index is 0.0169. The van der Waals surface area contributed by atoms with Gasteiger partial charge in [0.2, 0.25) is 0 Å². The van der Waals surface area contributed by atoms with Crippen molar-refractivity contribution >= 4 is 15.9 Å². The summed E-state index contributed by atoms with van der Waals surface area (Å²) in [5.41, 5.74) is -0.918. The Morgan fingerprint density at radius 2 is 2.03 bits per heavy atom. The van der Waals surface area contributed by atoms with E-state index in [1.165, 1.54) is 12.1 Å². The van der Waals surface area contributed by atoms with Gasteiger partial charge >= 0.3 is 6.09 Å². The number of piperidine rings is 1. The summed E-state index contributed by atoms with van der Waals surface area (Å²) >= 11 is 0. The standard InChI is InChI=1S/C23H36N2O7S/c1-22(2,3)32-21(27)25(17-13-23(31-15-17)8-10-24-11-9-23)14-18(26)16-30-19-6-5-7-20(12-19)33(4,28)29/h5-7,12,17-18,24,26H,8-11,13-16H2,1-4H3/t17-,18-/m0/s1. The summed E-state index contributed by atoms with van der Waals surface area (Å²) in [6.07, 6.45) is 2.09. The average Bonchev–Trinajstić information content (AvgIpc) is 3.12. The highest BCUT2D eigenvalue weighted by Crippen LogP contribution is 2.36. The van der Waals surface area contributed by atoms with E-state index in [2.05, 4.69) is 5.32 Å². The van der Waals surface area contributed by atoms with Gasteiger partial charge < -0.3 is 29.5 Å². The predicted octanol–water partition coefficient (Wildman–Crippen LogP) is 1.98. The Kier molecular flexibility index (Phi) is 7.93. The Balaban J connectivity index is 1.66. The molecular formula is C23H36N2O7S. The number of carbonyl (C=O) groups excluding carboxylic acids is 1. The fourth-order valence-corrected chi connectivity index (χ4v) is 4.87. The van der Waals surface area contributed by atoms with Crippen LogP contribution < -0.4 is 10.1 Å². The van der Waals surface area contributed by atoms with E-state index >= 15 is 0 Å². The Labute approximate surface area is 196 Å². The van der Waals surface area contributed by atoms with Crippen molar-refractivity contribution in [3.05, 3.63) is 24.3 Å². The molecule has 2 fully saturated rings. The lowest BCUT2D eigenvalue weighted by molar-refractivity contribution is -0.0227. The predicted molar refractivity (Wildman–Crippen MR) is 123 cm³/mol. The number of nitrogens with zero attached hydrogens (tertiary/aromatic N) is 1. The van der Waals surface area contributed by atoms with Crippen LogP contribution in [-0.2, 0) is 19.3 Å². The molecule has 1 aromatic carbocycles. The molecule has 0 saturated carbocycles. The third kappa shape index (κ3) is 7.30. The third-order valence-electron chi connectivity index (χ3n) is 5.86. The number of benzene rings is 1. The maximum atomic E-state index is 13.0. The average molecular weight is 485 g/mol. The van der Waals surface area contributed by atoms with Crippen LogP contribution in [0.2, 0.25) is 0 Å². The SMILES string of the molecule is CC(C)(C)OC(=O)N(C[C@H](O)COc1cccc(S(C)(=O)=O)c1)[C@@H]1COC2(CCNCC2)C1. The number of amides is 1. The van der Waals surface area contributed by atoms with E-state index in [0.29, 0.717) is 18.8 Å². The number of ether oxygens (including phenoxy) is 3. The molecule has 186 valence electrons. The molecule has 10 heteroatoms. The van der Waals surface area contributed by atoms with Gasteiger partial charge in [-0.2, -0.15) is 0 Å². The monoisotopic (exact) mass is 484 g/mol. The topological polar surface area (TPSA) is 114 Å². The van der Waals surface area contributed by atoms with E-state index in [1.54, 1.807) is 37.8 Å². The van der Waals surface area contributed by atoms with E-state index in [9.17, 15) is 18.3 Å². The quantitative estimate of drug-likeness (QED) is 0.604. The molecule has 0 unspecified atom stereocenters. The molecule has 2 aliphatic heterocycles. The molecule has 2 saturated heterocycles. The number of rotatable bonds is 7. The van der Waals surface area contributed by atoms with Crippen LogP contribution in [0.25, 0.3) is 0 Å². The molecule has 1 aromatic rings. The van der Waals surface area contributed by atoms with Gasteiger partial charge in [0, 0.05) is 6.26 Å². The maximum absolute atomic E-state index is 13.0. The molecule has 9 nitrogen and oxygen atoms in total. The van der Waals surface area contributed by atoms with Crippen LogP contribution in [-0.4, -0.2) is 87.0 Å². The second-order valence-corrected chi connectivity index (χ2v) is 12.0. The second-order valence-electron chi connectivity index (χ2n) is 9.95. The first-order valence-corrected chi connectivity index (χ1v) is 13.2. The van der Waals surface area contributed by atoms with Gasteiger partial charge in [-0.25, -0.2) is 13.2 Å². The number of sulfone groups is 1. The summed E-state index contributed by atoms with van der Waals surface area (Å²) in [7, 11) is -3.37. The minimum atomic E-state index is -3.37. The van der Waals surface area contributed by atoms with Crippen molar-refractivity contribution in [2.75, 3.05) is 39.1 Å². The number of hydrogen-bond acceptors (Lipinski definition) is 8. The summed E-state index contributed by atoms with van der Waals surface area (Å²) in [5.74, 6) is 0.332. The van der Waals surface area contributed by atoms with Crippen molar-refractivity contribution in [1.82, 2.24) is 10.2 Å². The number of aliphatic hydroxyl groups is 1. The smallest absolute Gasteiger partial charge is 0.410 e. The van der Waals surface area contributed by atoms with Gasteiger partial charge in [0.25, 0.3) is 0 Å². The van der Waals surface area contributed by atoms with E-state index in [4.69, 9.17) is 14.2 Å². The van der Waals surface area contributed by atoms with Crippen LogP contribution in [0, 0.1) is 0 Å². The number of carbonyl (C=O) groups is 1. The molecule has 2 atom stereocenters. The lowest BCUT2D eigenvalue weighted by Gasteiger charge is -2.35. The largest absolute Gasteiger partial charge is 0.491 e. The highest BCUT2D eigenvalue weighted by Gasteiger charge is 2.45. The number of aliphatic hydroxyl groups excluding tert-OH is 1. The Bertz CT molecular complexity index is 923. The molecule has 0 bridgehead atoms. The zero-order valence-corrected chi connectivity index (χ0v) is 20.7. The Hall–Kier alpha value is -1.88. The molecule has 2 N–H and O–H groups in total. The van der Waals surface area contributed by atoms with Gasteiger partial charge in [0.1, 0.15) is 24.1 Å². The van der Waals surface area contributed by atoms with E-state index in [1.807, 2.05) is 0 Å². The van der Waals surface area contributed by atoms with Crippen molar-refractivity contribution in [3.63, 3.8) is 0 Å². The molecule has 1 amide bonds. The summed E-state index contributed by atoms with van der Waals surface area (Å²) in [5, 5.41) is 14.0. The molecule has 0 radical (unpaired) electrons. The lowest BCUT2D eigenvalue weighted by Crippen LogP contribution is -2.49. The normalized spacial score (nSPS) is 21.5. The second kappa shape index (κ2) is 10.2. The number of nitrogens with one attached hydrogen (secondary N) is 1. The van der Waals surface area contributed by atoms with Crippen LogP contribution in [0.3, 0.4) is 0 Å². The molecule has 2 heterocycles. The summed E-state index contributed by atoms with van der Waals surface area (Å²) in [6, 6.07) is 5.90. The summed E-state index contributed by atoms with van der Waals surface area (Å²) in [6.45, 7) is 7.47. The van der Waals surface area contributed by atoms with Gasteiger partial charge in [-0.3, -0.25) is 0 Å². The molecule has 33 heavy (non-hydrogen) atoms. The van der Waals surface area contributed by atoms with Crippen molar-refractivity contribution in [2.45, 2.75) is 68.3 Å². The van der Waals surface area contributed by atoms with Crippen molar-refractivity contribution in [2.24, 2.45) is 0 Å². The van der Waals surface area contributed by atoms with Gasteiger partial charge in [0.05, 0.1) is 29.7 Å². The fourth-order valence-electron chi connectivity index (χ4n) is 4.21. The minimum Gasteiger partial charge on any atom is -0.491 e. The van der Waals surface area contributed by atoms with Crippen molar-refractivity contribution in [3.8, 4) is 5.75 Å². The molecule has 0 aliphatic carbocycles. The van der Waals surface area contributed by atoms with Gasteiger partial charge in [0.15, 0.2) is 9.84 Å². The van der Waals surface area contributed by atoms with Crippen LogP contribution in [0.15, 0.2) is 29.2 Å². The van der Waals surface area contributed by atoms with Crippen molar-refractivity contribution < 1.29 is 32.5 Å². The van der Waals surface area contributed by atoms with Crippen LogP contribution in [0.4, 0.5) is 4.79 Å². The zero-order chi connectivity index (χ0) is 24.3. The Morgan fingerprint density at radius 1 is 1.33 bits per heavy atom. The van der Waals surface area contributed by atoms with Crippen LogP contribution >= 0.6 is 0 Å². The maximum Gasteiger partial charge on any atom is 0.410 e. The van der Waals surface area contributed by atoms with E-state index in [-0.39, 0.29) is 29.7 Å². The Morgan fingerprint density at radius 3 is 2.67 bits per heavy atom. The molecule has 2 aliphatic rings. The summed E-state index contributed by atoms with van der Waals surface area (Å²) in [4.78, 5) is 14.7. The fraction of sp³-hybridized carbons (Fsp3) is 0.696. The third-order valence-corrected chi connectivity index (χ3v) is 6.97. The van der Waals surface area contributed by atoms with E-state index < -0.39 is 27.6 Å². The van der Waals surface area contributed by atoms with Crippen molar-refractivity contribution in [1.29, 1.82) is 0 Å². The summed E-state index contributed by atoms with van der Waals surface area (Å²) < 4.78 is 40.9. The van der Waals surface area contributed by atoms with Crippen LogP contribution in [0.1, 0.15) is 40.0 Å². The molecule has 1 spiro atoms. The van der Waals surface area contributed by atoms with Gasteiger partial charge in [-0.15, -0.1) is 0 Å². The van der Waals surface area contributed by atoms with E-state index in [0.717, 1.165) is 32.2 Å². The zero-order valence-electron chi connectivity index (χ0n) is 19.9. The first kappa shape index (κ1) is 25.7.